The molecule has 0 bridgehead atoms. The predicted octanol–water partition coefficient (Wildman–Crippen LogP) is 2.73. The molecule has 0 atom stereocenters. The number of ether oxygens (including phenoxy) is 1. The molecule has 6 nitrogen and oxygen atoms in total. The van der Waals surface area contributed by atoms with Gasteiger partial charge >= 0.3 is 6.18 Å². The molecule has 1 fully saturated rings. The Balaban J connectivity index is 1.46. The third-order valence-electron chi connectivity index (χ3n) is 4.30. The van der Waals surface area contributed by atoms with Crippen LogP contribution in [0.2, 0.25) is 0 Å². The Kier molecular flexibility index (Phi) is 5.69. The van der Waals surface area contributed by atoms with E-state index in [0.717, 1.165) is 23.6 Å². The number of halogens is 3. The molecule has 0 aliphatic carbocycles. The third kappa shape index (κ3) is 5.22. The summed E-state index contributed by atoms with van der Waals surface area (Å²) in [6, 6.07) is 6.39. The van der Waals surface area contributed by atoms with Crippen LogP contribution in [0.3, 0.4) is 0 Å². The predicted molar refractivity (Wildman–Crippen MR) is 90.0 cm³/mol. The number of hydrogen-bond donors (Lipinski definition) is 0. The van der Waals surface area contributed by atoms with Gasteiger partial charge in [0, 0.05) is 32.2 Å². The van der Waals surface area contributed by atoms with E-state index in [1.54, 1.807) is 4.90 Å². The van der Waals surface area contributed by atoms with E-state index in [4.69, 9.17) is 9.26 Å². The molecular weight excluding hydrogens is 363 g/mol. The van der Waals surface area contributed by atoms with Crippen molar-refractivity contribution in [1.29, 1.82) is 0 Å². The van der Waals surface area contributed by atoms with Crippen LogP contribution in [0.25, 0.3) is 0 Å². The second kappa shape index (κ2) is 7.99. The van der Waals surface area contributed by atoms with Crippen LogP contribution >= 0.6 is 0 Å². The number of alkyl halides is 3. The van der Waals surface area contributed by atoms with Gasteiger partial charge in [0.05, 0.1) is 17.8 Å². The molecule has 3 rings (SSSR count). The van der Waals surface area contributed by atoms with Gasteiger partial charge in [0.2, 0.25) is 0 Å². The van der Waals surface area contributed by atoms with Gasteiger partial charge in [-0.05, 0) is 25.1 Å². The van der Waals surface area contributed by atoms with E-state index in [0.29, 0.717) is 32.7 Å². The molecule has 146 valence electrons. The van der Waals surface area contributed by atoms with Gasteiger partial charge in [0.25, 0.3) is 5.91 Å². The van der Waals surface area contributed by atoms with Gasteiger partial charge in [-0.2, -0.15) is 13.2 Å². The number of nitrogens with zero attached hydrogens (tertiary/aromatic N) is 3. The summed E-state index contributed by atoms with van der Waals surface area (Å²) in [6.45, 7) is 4.60. The number of benzene rings is 1. The molecule has 27 heavy (non-hydrogen) atoms. The van der Waals surface area contributed by atoms with Crippen molar-refractivity contribution in [1.82, 2.24) is 15.0 Å². The van der Waals surface area contributed by atoms with E-state index in [2.05, 4.69) is 10.1 Å². The number of piperazine rings is 1. The fourth-order valence-electron chi connectivity index (χ4n) is 2.87. The number of rotatable bonds is 5. The van der Waals surface area contributed by atoms with Crippen LogP contribution in [0.1, 0.15) is 17.0 Å². The largest absolute Gasteiger partial charge is 0.484 e. The maximum Gasteiger partial charge on any atom is 0.416 e. The molecule has 0 saturated carbocycles. The lowest BCUT2D eigenvalue weighted by Gasteiger charge is -2.34. The first kappa shape index (κ1) is 19.2. The standard InChI is InChI=1S/C18H20F3N3O3/c1-13-9-16(27-22-13)11-23-5-7-24(8-6-23)17(25)12-26-15-4-2-3-14(10-15)18(19,20)21/h2-4,9-10H,5-8,11-12H2,1H3. The normalized spacial score (nSPS) is 15.8. The fraction of sp³-hybridized carbons (Fsp3) is 0.444. The summed E-state index contributed by atoms with van der Waals surface area (Å²) in [6.07, 6.45) is -4.44. The van der Waals surface area contributed by atoms with Crippen molar-refractivity contribution in [2.75, 3.05) is 32.8 Å². The maximum absolute atomic E-state index is 12.7. The maximum atomic E-state index is 12.7. The number of carbonyl (C=O) groups excluding carboxylic acids is 1. The molecule has 0 N–H and O–H groups in total. The second-order valence-corrected chi connectivity index (χ2v) is 6.41. The van der Waals surface area contributed by atoms with Crippen LogP contribution < -0.4 is 4.74 Å². The lowest BCUT2D eigenvalue weighted by atomic mass is 10.2. The van der Waals surface area contributed by atoms with Crippen molar-refractivity contribution >= 4 is 5.91 Å². The van der Waals surface area contributed by atoms with Gasteiger partial charge in [-0.3, -0.25) is 9.69 Å². The third-order valence-corrected chi connectivity index (χ3v) is 4.30. The summed E-state index contributed by atoms with van der Waals surface area (Å²) >= 11 is 0. The first-order valence-corrected chi connectivity index (χ1v) is 8.53. The number of carbonyl (C=O) groups is 1. The first-order valence-electron chi connectivity index (χ1n) is 8.53. The van der Waals surface area contributed by atoms with Gasteiger partial charge in [0.1, 0.15) is 5.75 Å². The van der Waals surface area contributed by atoms with E-state index in [1.165, 1.54) is 12.1 Å². The highest BCUT2D eigenvalue weighted by Crippen LogP contribution is 2.31. The molecule has 1 saturated heterocycles. The number of hydrogen-bond acceptors (Lipinski definition) is 5. The van der Waals surface area contributed by atoms with E-state index < -0.39 is 11.7 Å². The highest BCUT2D eigenvalue weighted by atomic mass is 19.4. The molecule has 9 heteroatoms. The van der Waals surface area contributed by atoms with Crippen molar-refractivity contribution in [2.45, 2.75) is 19.6 Å². The summed E-state index contributed by atoms with van der Waals surface area (Å²) < 4.78 is 48.6. The van der Waals surface area contributed by atoms with E-state index >= 15 is 0 Å². The highest BCUT2D eigenvalue weighted by Gasteiger charge is 2.30. The molecule has 1 amide bonds. The van der Waals surface area contributed by atoms with Crippen molar-refractivity contribution in [2.24, 2.45) is 0 Å². The average molecular weight is 383 g/mol. The smallest absolute Gasteiger partial charge is 0.416 e. The van der Waals surface area contributed by atoms with Crippen LogP contribution in [0, 0.1) is 6.92 Å². The minimum atomic E-state index is -4.44. The Labute approximate surface area is 154 Å². The Morgan fingerprint density at radius 2 is 1.96 bits per heavy atom. The van der Waals surface area contributed by atoms with Crippen LogP contribution in [0.4, 0.5) is 13.2 Å². The zero-order valence-electron chi connectivity index (χ0n) is 14.8. The topological polar surface area (TPSA) is 58.8 Å². The summed E-state index contributed by atoms with van der Waals surface area (Å²) in [5, 5.41) is 3.85. The lowest BCUT2D eigenvalue weighted by Crippen LogP contribution is -2.49. The Bertz CT molecular complexity index is 783. The fourth-order valence-corrected chi connectivity index (χ4v) is 2.87. The van der Waals surface area contributed by atoms with Crippen molar-refractivity contribution < 1.29 is 27.2 Å². The van der Waals surface area contributed by atoms with Crippen molar-refractivity contribution in [3.05, 3.63) is 47.3 Å². The molecule has 1 aliphatic rings. The van der Waals surface area contributed by atoms with Crippen LogP contribution in [0.5, 0.6) is 5.75 Å². The summed E-state index contributed by atoms with van der Waals surface area (Å²) in [7, 11) is 0. The molecule has 0 spiro atoms. The molecular formula is C18H20F3N3O3. The first-order chi connectivity index (χ1) is 12.8. The van der Waals surface area contributed by atoms with Gasteiger partial charge in [-0.1, -0.05) is 11.2 Å². The number of aryl methyl sites for hydroxylation is 1. The van der Waals surface area contributed by atoms with Gasteiger partial charge in [-0.25, -0.2) is 0 Å². The summed E-state index contributed by atoms with van der Waals surface area (Å²) in [5.74, 6) is 0.556. The molecule has 1 aromatic heterocycles. The second-order valence-electron chi connectivity index (χ2n) is 6.41. The van der Waals surface area contributed by atoms with E-state index in [1.807, 2.05) is 13.0 Å². The minimum Gasteiger partial charge on any atom is -0.484 e. The van der Waals surface area contributed by atoms with E-state index in [-0.39, 0.29) is 18.3 Å². The zero-order valence-corrected chi connectivity index (χ0v) is 14.8. The van der Waals surface area contributed by atoms with Gasteiger partial charge in [-0.15, -0.1) is 0 Å². The van der Waals surface area contributed by atoms with E-state index in [9.17, 15) is 18.0 Å². The Hall–Kier alpha value is -2.55. The highest BCUT2D eigenvalue weighted by molar-refractivity contribution is 5.77. The Morgan fingerprint density at radius 3 is 2.59 bits per heavy atom. The van der Waals surface area contributed by atoms with Crippen LogP contribution in [-0.4, -0.2) is 53.6 Å². The average Bonchev–Trinajstić information content (AvgIpc) is 3.04. The number of amides is 1. The summed E-state index contributed by atoms with van der Waals surface area (Å²) in [5.41, 5.74) is 0.0225. The molecule has 1 aromatic carbocycles. The van der Waals surface area contributed by atoms with Crippen LogP contribution in [0.15, 0.2) is 34.9 Å². The summed E-state index contributed by atoms with van der Waals surface area (Å²) in [4.78, 5) is 16.1. The van der Waals surface area contributed by atoms with Gasteiger partial charge in [0.15, 0.2) is 12.4 Å². The quantitative estimate of drug-likeness (QED) is 0.795. The Morgan fingerprint density at radius 1 is 1.22 bits per heavy atom. The number of aromatic nitrogens is 1. The molecule has 0 radical (unpaired) electrons. The van der Waals surface area contributed by atoms with Gasteiger partial charge < -0.3 is 14.2 Å². The molecule has 2 aromatic rings. The molecule has 2 heterocycles. The van der Waals surface area contributed by atoms with Crippen molar-refractivity contribution in [3.63, 3.8) is 0 Å². The van der Waals surface area contributed by atoms with Crippen LogP contribution in [-0.2, 0) is 17.5 Å². The SMILES string of the molecule is Cc1cc(CN2CCN(C(=O)COc3cccc(C(F)(F)F)c3)CC2)on1. The minimum absolute atomic E-state index is 0.0255. The van der Waals surface area contributed by atoms with Crippen molar-refractivity contribution in [3.8, 4) is 5.75 Å². The molecule has 1 aliphatic heterocycles. The monoisotopic (exact) mass is 383 g/mol. The molecule has 0 unspecified atom stereocenters. The zero-order chi connectivity index (χ0) is 19.4. The lowest BCUT2D eigenvalue weighted by molar-refractivity contribution is -0.137.